The van der Waals surface area contributed by atoms with Gasteiger partial charge in [0.05, 0.1) is 16.5 Å². The van der Waals surface area contributed by atoms with Crippen LogP contribution in [0.5, 0.6) is 5.75 Å². The van der Waals surface area contributed by atoms with Gasteiger partial charge < -0.3 is 10.1 Å². The van der Waals surface area contributed by atoms with Crippen LogP contribution in [-0.4, -0.2) is 52.9 Å². The summed E-state index contributed by atoms with van der Waals surface area (Å²) in [4.78, 5) is 29.5. The predicted octanol–water partition coefficient (Wildman–Crippen LogP) is 3.85. The number of para-hydroxylation sites is 1. The molecule has 0 aliphatic carbocycles. The fraction of sp³-hybridized carbons (Fsp3) is 0.200. The maximum atomic E-state index is 13.3. The van der Waals surface area contributed by atoms with Crippen molar-refractivity contribution in [1.29, 1.82) is 0 Å². The summed E-state index contributed by atoms with van der Waals surface area (Å²) in [5, 5.41) is 10.9. The molecular formula is C30H27N5O5S2. The molecule has 3 aromatic carbocycles. The van der Waals surface area contributed by atoms with Crippen molar-refractivity contribution in [2.24, 2.45) is 0 Å². The summed E-state index contributed by atoms with van der Waals surface area (Å²) < 4.78 is 34.0. The Labute approximate surface area is 246 Å². The number of aryl methyl sites for hydroxylation is 1. The highest BCUT2D eigenvalue weighted by molar-refractivity contribution is 7.89. The van der Waals surface area contributed by atoms with Gasteiger partial charge in [0.1, 0.15) is 17.4 Å². The van der Waals surface area contributed by atoms with Gasteiger partial charge in [-0.15, -0.1) is 0 Å². The minimum Gasteiger partial charge on any atom is -0.489 e. The first kappa shape index (κ1) is 27.8. The summed E-state index contributed by atoms with van der Waals surface area (Å²) >= 11 is 0.912. The molecule has 0 bridgehead atoms. The Hall–Kier alpha value is -4.39. The van der Waals surface area contributed by atoms with Gasteiger partial charge in [0.15, 0.2) is 0 Å². The number of pyridine rings is 1. The predicted molar refractivity (Wildman–Crippen MR) is 159 cm³/mol. The number of carbonyl (C=O) groups excluding carboxylic acids is 1. The highest BCUT2D eigenvalue weighted by Gasteiger charge is 2.42. The Bertz CT molecular complexity index is 1910. The third-order valence-corrected chi connectivity index (χ3v) is 9.92. The molecule has 12 heteroatoms. The zero-order chi connectivity index (χ0) is 29.3. The van der Waals surface area contributed by atoms with E-state index in [2.05, 4.69) is 20.5 Å². The molecule has 5 aromatic rings. The van der Waals surface area contributed by atoms with E-state index in [-0.39, 0.29) is 28.8 Å². The summed E-state index contributed by atoms with van der Waals surface area (Å²) in [6, 6.07) is 24.2. The SMILES string of the molecule is Cc1cc(COc2ccc(C(=O)N[C@@H]3CN(S(=O)(=O)c4ccccc4)C[C@@H]3c3n[nH]c(=O)s3)cc2)c2ccccc2n1. The molecule has 10 nitrogen and oxygen atoms in total. The molecule has 42 heavy (non-hydrogen) atoms. The van der Waals surface area contributed by atoms with Crippen molar-refractivity contribution < 1.29 is 17.9 Å². The minimum atomic E-state index is -3.81. The summed E-state index contributed by atoms with van der Waals surface area (Å²) in [5.41, 5.74) is 3.22. The van der Waals surface area contributed by atoms with Crippen molar-refractivity contribution in [2.45, 2.75) is 30.4 Å². The maximum absolute atomic E-state index is 13.3. The molecule has 2 aromatic heterocycles. The number of H-pyrrole nitrogens is 1. The molecule has 1 fully saturated rings. The molecule has 214 valence electrons. The highest BCUT2D eigenvalue weighted by atomic mass is 32.2. The number of hydrogen-bond acceptors (Lipinski definition) is 8. The van der Waals surface area contributed by atoms with Gasteiger partial charge in [-0.3, -0.25) is 14.6 Å². The number of benzene rings is 3. The molecule has 1 amide bonds. The summed E-state index contributed by atoms with van der Waals surface area (Å²) in [7, 11) is -3.81. The number of fused-ring (bicyclic) bond motifs is 1. The van der Waals surface area contributed by atoms with Crippen LogP contribution in [0.1, 0.15) is 32.5 Å². The van der Waals surface area contributed by atoms with Crippen molar-refractivity contribution in [2.75, 3.05) is 13.1 Å². The number of nitrogens with one attached hydrogen (secondary N) is 2. The van der Waals surface area contributed by atoms with E-state index in [1.165, 1.54) is 16.4 Å². The molecule has 6 rings (SSSR count). The first-order valence-electron chi connectivity index (χ1n) is 13.3. The van der Waals surface area contributed by atoms with Crippen LogP contribution in [0.2, 0.25) is 0 Å². The lowest BCUT2D eigenvalue weighted by atomic mass is 10.0. The fourth-order valence-corrected chi connectivity index (χ4v) is 7.41. The smallest absolute Gasteiger partial charge is 0.322 e. The second-order valence-corrected chi connectivity index (χ2v) is 13.0. The van der Waals surface area contributed by atoms with Gasteiger partial charge in [-0.05, 0) is 55.5 Å². The first-order chi connectivity index (χ1) is 20.3. The van der Waals surface area contributed by atoms with Crippen LogP contribution < -0.4 is 14.9 Å². The first-order valence-corrected chi connectivity index (χ1v) is 15.5. The molecule has 0 radical (unpaired) electrons. The van der Waals surface area contributed by atoms with E-state index in [0.717, 1.165) is 33.5 Å². The third kappa shape index (κ3) is 5.69. The zero-order valence-corrected chi connectivity index (χ0v) is 24.2. The lowest BCUT2D eigenvalue weighted by Crippen LogP contribution is -2.40. The Balaban J connectivity index is 1.16. The number of rotatable bonds is 8. The molecule has 2 N–H and O–H groups in total. The van der Waals surface area contributed by atoms with Crippen LogP contribution in [0, 0.1) is 6.92 Å². The molecule has 0 saturated carbocycles. The summed E-state index contributed by atoms with van der Waals surface area (Å²) in [6.07, 6.45) is 0. The van der Waals surface area contributed by atoms with E-state index in [1.807, 2.05) is 37.3 Å². The zero-order valence-electron chi connectivity index (χ0n) is 22.6. The number of aromatic amines is 1. The van der Waals surface area contributed by atoms with E-state index in [4.69, 9.17) is 4.74 Å². The maximum Gasteiger partial charge on any atom is 0.322 e. The van der Waals surface area contributed by atoms with Crippen LogP contribution in [0.3, 0.4) is 0 Å². The lowest BCUT2D eigenvalue weighted by Gasteiger charge is -2.18. The Morgan fingerprint density at radius 1 is 1.05 bits per heavy atom. The van der Waals surface area contributed by atoms with Crippen molar-refractivity contribution in [3.8, 4) is 5.75 Å². The van der Waals surface area contributed by atoms with Crippen LogP contribution in [0.25, 0.3) is 10.9 Å². The van der Waals surface area contributed by atoms with Gasteiger partial charge >= 0.3 is 4.87 Å². The van der Waals surface area contributed by atoms with E-state index in [9.17, 15) is 18.0 Å². The third-order valence-electron chi connectivity index (χ3n) is 7.20. The number of nitrogens with zero attached hydrogens (tertiary/aromatic N) is 3. The quantitative estimate of drug-likeness (QED) is 0.276. The molecule has 0 unspecified atom stereocenters. The Kier molecular flexibility index (Phi) is 7.58. The average molecular weight is 602 g/mol. The lowest BCUT2D eigenvalue weighted by molar-refractivity contribution is 0.0936. The normalized spacial score (nSPS) is 17.4. The van der Waals surface area contributed by atoms with E-state index < -0.39 is 22.0 Å². The molecule has 1 saturated heterocycles. The highest BCUT2D eigenvalue weighted by Crippen LogP contribution is 2.32. The second-order valence-electron chi connectivity index (χ2n) is 10.0. The van der Waals surface area contributed by atoms with Crippen LogP contribution in [0.4, 0.5) is 0 Å². The number of amides is 1. The largest absolute Gasteiger partial charge is 0.489 e. The van der Waals surface area contributed by atoms with Gasteiger partial charge in [-0.25, -0.2) is 13.5 Å². The van der Waals surface area contributed by atoms with E-state index in [1.54, 1.807) is 42.5 Å². The molecule has 3 heterocycles. The van der Waals surface area contributed by atoms with E-state index in [0.29, 0.717) is 22.9 Å². The number of aromatic nitrogens is 3. The van der Waals surface area contributed by atoms with Crippen molar-refractivity contribution in [3.05, 3.63) is 116 Å². The van der Waals surface area contributed by atoms with Crippen LogP contribution >= 0.6 is 11.3 Å². The molecule has 2 atom stereocenters. The van der Waals surface area contributed by atoms with Gasteiger partial charge in [0, 0.05) is 41.2 Å². The summed E-state index contributed by atoms with van der Waals surface area (Å²) in [6.45, 7) is 2.42. The monoisotopic (exact) mass is 601 g/mol. The summed E-state index contributed by atoms with van der Waals surface area (Å²) in [5.74, 6) is -0.253. The number of sulfonamides is 1. The van der Waals surface area contributed by atoms with Gasteiger partial charge in [-0.2, -0.15) is 9.40 Å². The minimum absolute atomic E-state index is 0.0436. The fourth-order valence-electron chi connectivity index (χ4n) is 5.13. The van der Waals surface area contributed by atoms with Crippen molar-refractivity contribution in [1.82, 2.24) is 24.8 Å². The Morgan fingerprint density at radius 2 is 1.79 bits per heavy atom. The van der Waals surface area contributed by atoms with Crippen molar-refractivity contribution in [3.63, 3.8) is 0 Å². The van der Waals surface area contributed by atoms with Gasteiger partial charge in [0.25, 0.3) is 5.91 Å². The second kappa shape index (κ2) is 11.5. The van der Waals surface area contributed by atoms with Gasteiger partial charge in [0.2, 0.25) is 10.0 Å². The van der Waals surface area contributed by atoms with Gasteiger partial charge in [-0.1, -0.05) is 47.7 Å². The molecule has 1 aliphatic rings. The molecular weight excluding hydrogens is 574 g/mol. The number of carbonyl (C=O) groups is 1. The number of ether oxygens (including phenoxy) is 1. The van der Waals surface area contributed by atoms with E-state index >= 15 is 0 Å². The molecule has 0 spiro atoms. The standard InChI is InChI=1S/C30H27N5O5S2/c1-19-15-21(24-9-5-6-10-26(24)31-19)18-40-22-13-11-20(12-14-22)28(36)32-27-17-35(16-25(27)29-33-34-30(37)41-29)42(38,39)23-7-3-2-4-8-23/h2-15,25,27H,16-18H2,1H3,(H,32,36)(H,34,37)/t25-,27+/m0/s1. The number of hydrogen-bond donors (Lipinski definition) is 2. The Morgan fingerprint density at radius 3 is 2.52 bits per heavy atom. The van der Waals surface area contributed by atoms with Crippen molar-refractivity contribution >= 4 is 38.2 Å². The topological polar surface area (TPSA) is 134 Å². The average Bonchev–Trinajstić information content (AvgIpc) is 3.63. The van der Waals surface area contributed by atoms with Crippen LogP contribution in [0.15, 0.2) is 94.6 Å². The molecule has 1 aliphatic heterocycles. The van der Waals surface area contributed by atoms with Crippen LogP contribution in [-0.2, 0) is 16.6 Å².